The second-order valence-corrected chi connectivity index (χ2v) is 7.10. The molecule has 0 spiro atoms. The van der Waals surface area contributed by atoms with Crippen molar-refractivity contribution in [1.29, 1.82) is 0 Å². The van der Waals surface area contributed by atoms with Crippen molar-refractivity contribution < 1.29 is 19.4 Å². The van der Waals surface area contributed by atoms with Gasteiger partial charge in [0.05, 0.1) is 4.91 Å². The summed E-state index contributed by atoms with van der Waals surface area (Å²) in [5.74, 6) is 0.911. The van der Waals surface area contributed by atoms with Crippen LogP contribution >= 0.6 is 11.8 Å². The smallest absolute Gasteiger partial charge is 0.290 e. The average Bonchev–Trinajstić information content (AvgIpc) is 2.85. The largest absolute Gasteiger partial charge is 0.508 e. The Balaban J connectivity index is 1.79. The summed E-state index contributed by atoms with van der Waals surface area (Å²) in [6.07, 6.45) is 6.15. The van der Waals surface area contributed by atoms with E-state index >= 15 is 0 Å². The number of rotatable bonds is 2. The molecular formula is C18H19NO4S. The van der Waals surface area contributed by atoms with Gasteiger partial charge in [0.2, 0.25) is 0 Å². The highest BCUT2D eigenvalue weighted by molar-refractivity contribution is 8.18. The van der Waals surface area contributed by atoms with Crippen LogP contribution in [0.5, 0.6) is 11.5 Å². The average molecular weight is 345 g/mol. The molecule has 2 aliphatic heterocycles. The molecule has 1 aromatic rings. The van der Waals surface area contributed by atoms with E-state index < -0.39 is 0 Å². The predicted octanol–water partition coefficient (Wildman–Crippen LogP) is 3.37. The summed E-state index contributed by atoms with van der Waals surface area (Å²) in [7, 11) is 0. The van der Waals surface area contributed by atoms with Gasteiger partial charge < -0.3 is 9.84 Å². The number of carbonyl (C=O) groups is 2. The fraction of sp³-hybridized carbons (Fsp3) is 0.333. The van der Waals surface area contributed by atoms with Crippen molar-refractivity contribution in [3.05, 3.63) is 45.9 Å². The van der Waals surface area contributed by atoms with Crippen LogP contribution in [-0.2, 0) is 11.2 Å². The Morgan fingerprint density at radius 1 is 1.33 bits per heavy atom. The molecule has 2 heterocycles. The zero-order valence-electron chi connectivity index (χ0n) is 13.8. The molecule has 0 radical (unpaired) electrons. The molecule has 2 aliphatic rings. The van der Waals surface area contributed by atoms with Gasteiger partial charge in [-0.25, -0.2) is 0 Å². The molecule has 5 nitrogen and oxygen atoms in total. The van der Waals surface area contributed by atoms with Gasteiger partial charge in [-0.2, -0.15) is 0 Å². The minimum absolute atomic E-state index is 0.0125. The quantitative estimate of drug-likeness (QED) is 0.804. The van der Waals surface area contributed by atoms with Crippen LogP contribution in [0.4, 0.5) is 4.79 Å². The number of hydrogen-bond acceptors (Lipinski definition) is 5. The maximum absolute atomic E-state index is 11.5. The number of imide groups is 1. The van der Waals surface area contributed by atoms with Crippen LogP contribution in [0.25, 0.3) is 0 Å². The van der Waals surface area contributed by atoms with E-state index in [2.05, 4.69) is 5.32 Å². The third-order valence-electron chi connectivity index (χ3n) is 4.50. The van der Waals surface area contributed by atoms with Crippen molar-refractivity contribution in [2.45, 2.75) is 33.3 Å². The third kappa shape index (κ3) is 3.06. The molecule has 6 heteroatoms. The summed E-state index contributed by atoms with van der Waals surface area (Å²) in [4.78, 5) is 23.0. The molecule has 1 fully saturated rings. The van der Waals surface area contributed by atoms with Gasteiger partial charge in [0.15, 0.2) is 0 Å². The second kappa shape index (κ2) is 6.36. The van der Waals surface area contributed by atoms with E-state index in [1.165, 1.54) is 0 Å². The van der Waals surface area contributed by atoms with E-state index in [9.17, 15) is 14.7 Å². The Hall–Kier alpha value is -2.21. The molecule has 2 amide bonds. The van der Waals surface area contributed by atoms with Gasteiger partial charge in [-0.3, -0.25) is 14.9 Å². The lowest BCUT2D eigenvalue weighted by Crippen LogP contribution is -2.29. The molecule has 1 saturated heterocycles. The van der Waals surface area contributed by atoms with Gasteiger partial charge in [0.1, 0.15) is 17.6 Å². The molecule has 0 aliphatic carbocycles. The number of nitrogens with one attached hydrogen (secondary N) is 1. The lowest BCUT2D eigenvalue weighted by molar-refractivity contribution is -0.115. The van der Waals surface area contributed by atoms with Crippen LogP contribution in [0.1, 0.15) is 23.6 Å². The van der Waals surface area contributed by atoms with Crippen LogP contribution in [0.3, 0.4) is 0 Å². The first-order valence-corrected chi connectivity index (χ1v) is 8.58. The van der Waals surface area contributed by atoms with E-state index in [0.29, 0.717) is 4.91 Å². The van der Waals surface area contributed by atoms with E-state index in [0.717, 1.165) is 40.6 Å². The monoisotopic (exact) mass is 345 g/mol. The van der Waals surface area contributed by atoms with E-state index in [-0.39, 0.29) is 28.9 Å². The van der Waals surface area contributed by atoms with Crippen molar-refractivity contribution in [3.8, 4) is 11.5 Å². The van der Waals surface area contributed by atoms with Crippen molar-refractivity contribution in [3.63, 3.8) is 0 Å². The molecule has 2 atom stereocenters. The fourth-order valence-corrected chi connectivity index (χ4v) is 3.53. The number of amides is 2. The lowest BCUT2D eigenvalue weighted by Gasteiger charge is -2.31. The topological polar surface area (TPSA) is 75.6 Å². The molecule has 24 heavy (non-hydrogen) atoms. The third-order valence-corrected chi connectivity index (χ3v) is 5.33. The summed E-state index contributed by atoms with van der Waals surface area (Å²) >= 11 is 0.901. The van der Waals surface area contributed by atoms with Gasteiger partial charge in [-0.05, 0) is 67.8 Å². The minimum atomic E-state index is -0.357. The Morgan fingerprint density at radius 3 is 2.75 bits per heavy atom. The first-order valence-electron chi connectivity index (χ1n) is 7.77. The Labute approximate surface area is 144 Å². The number of hydrogen-bond donors (Lipinski definition) is 2. The molecule has 2 N–H and O–H groups in total. The summed E-state index contributed by atoms with van der Waals surface area (Å²) in [5.41, 5.74) is 2.80. The summed E-state index contributed by atoms with van der Waals surface area (Å²) < 4.78 is 6.05. The number of benzene rings is 1. The normalized spacial score (nSPS) is 25.0. The Bertz CT molecular complexity index is 782. The lowest BCUT2D eigenvalue weighted by atomic mass is 9.88. The number of phenols is 1. The summed E-state index contributed by atoms with van der Waals surface area (Å²) in [5, 5.41) is 11.9. The number of carbonyl (C=O) groups excluding carboxylic acids is 2. The van der Waals surface area contributed by atoms with Crippen LogP contribution in [-0.4, -0.2) is 22.4 Å². The number of fused-ring (bicyclic) bond motifs is 1. The maximum Gasteiger partial charge on any atom is 0.290 e. The van der Waals surface area contributed by atoms with Gasteiger partial charge in [0, 0.05) is 5.92 Å². The Kier molecular flexibility index (Phi) is 4.41. The Morgan fingerprint density at radius 2 is 2.08 bits per heavy atom. The van der Waals surface area contributed by atoms with Gasteiger partial charge in [0.25, 0.3) is 11.1 Å². The van der Waals surface area contributed by atoms with Crippen LogP contribution < -0.4 is 10.1 Å². The number of thioether (sulfide) groups is 1. The van der Waals surface area contributed by atoms with Crippen molar-refractivity contribution in [1.82, 2.24) is 5.32 Å². The van der Waals surface area contributed by atoms with Crippen molar-refractivity contribution in [2.75, 3.05) is 0 Å². The fourth-order valence-electron chi connectivity index (χ4n) is 2.90. The van der Waals surface area contributed by atoms with Gasteiger partial charge in [-0.1, -0.05) is 12.2 Å². The molecule has 1 aromatic carbocycles. The van der Waals surface area contributed by atoms with Crippen LogP contribution in [0.2, 0.25) is 0 Å². The number of aromatic hydroxyl groups is 1. The molecule has 3 rings (SSSR count). The molecule has 126 valence electrons. The molecule has 0 aromatic heterocycles. The standard InChI is InChI=1S/C18H19NO4S/c1-9-10(2)16-13(8-14(9)20)7-12(11(3)23-16)5-4-6-15-17(21)19-18(22)24-15/h4-6,8,11-12,20H,7H2,1-3H3,(H,19,21,22)/b5-4+,15-6-. The van der Waals surface area contributed by atoms with Crippen molar-refractivity contribution in [2.24, 2.45) is 5.92 Å². The van der Waals surface area contributed by atoms with E-state index in [1.807, 2.05) is 26.8 Å². The highest BCUT2D eigenvalue weighted by Gasteiger charge is 2.28. The maximum atomic E-state index is 11.5. The highest BCUT2D eigenvalue weighted by Crippen LogP contribution is 2.39. The number of allylic oxidation sites excluding steroid dienone is 2. The van der Waals surface area contributed by atoms with Crippen LogP contribution in [0, 0.1) is 19.8 Å². The first kappa shape index (κ1) is 16.6. The molecule has 2 unspecified atom stereocenters. The molecule has 0 saturated carbocycles. The SMILES string of the molecule is Cc1c(O)cc2c(c1C)OC(C)C(/C=C/C=C1\SC(=O)NC1=O)C2. The predicted molar refractivity (Wildman–Crippen MR) is 93.2 cm³/mol. The second-order valence-electron chi connectivity index (χ2n) is 6.08. The minimum Gasteiger partial charge on any atom is -0.508 e. The number of ether oxygens (including phenoxy) is 1. The first-order chi connectivity index (χ1) is 11.4. The zero-order valence-corrected chi connectivity index (χ0v) is 14.6. The molecular weight excluding hydrogens is 326 g/mol. The zero-order chi connectivity index (χ0) is 17.4. The molecule has 0 bridgehead atoms. The van der Waals surface area contributed by atoms with Gasteiger partial charge >= 0.3 is 0 Å². The summed E-state index contributed by atoms with van der Waals surface area (Å²) in [6.45, 7) is 5.84. The van der Waals surface area contributed by atoms with E-state index in [4.69, 9.17) is 4.74 Å². The summed E-state index contributed by atoms with van der Waals surface area (Å²) in [6, 6.07) is 1.77. The highest BCUT2D eigenvalue weighted by atomic mass is 32.2. The van der Waals surface area contributed by atoms with E-state index in [1.54, 1.807) is 18.2 Å². The van der Waals surface area contributed by atoms with Crippen molar-refractivity contribution >= 4 is 22.9 Å². The van der Waals surface area contributed by atoms with Gasteiger partial charge in [-0.15, -0.1) is 0 Å². The number of phenolic OH excluding ortho intramolecular Hbond substituents is 1. The van der Waals surface area contributed by atoms with Crippen LogP contribution in [0.15, 0.2) is 29.2 Å².